The van der Waals surface area contributed by atoms with Crippen LogP contribution in [0.2, 0.25) is 0 Å². The Morgan fingerprint density at radius 2 is 2.12 bits per heavy atom. The Morgan fingerprint density at radius 1 is 1.36 bits per heavy atom. The van der Waals surface area contributed by atoms with Crippen LogP contribution in [-0.2, 0) is 6.61 Å². The Balaban J connectivity index is 1.57. The molecule has 3 rings (SSSR count). The number of hydrogen-bond acceptors (Lipinski definition) is 6. The van der Waals surface area contributed by atoms with Gasteiger partial charge in [-0.05, 0) is 30.7 Å². The van der Waals surface area contributed by atoms with Crippen molar-refractivity contribution in [3.8, 4) is 11.5 Å². The predicted molar refractivity (Wildman–Crippen MR) is 91.8 cm³/mol. The van der Waals surface area contributed by atoms with Gasteiger partial charge in [0.05, 0.1) is 7.11 Å². The highest BCUT2D eigenvalue weighted by Gasteiger charge is 2.25. The minimum absolute atomic E-state index is 0.0978. The van der Waals surface area contributed by atoms with E-state index in [4.69, 9.17) is 13.9 Å². The third-order valence-corrected chi connectivity index (χ3v) is 4.23. The van der Waals surface area contributed by atoms with Gasteiger partial charge in [0, 0.05) is 25.7 Å². The Hall–Kier alpha value is -2.54. The molecular formula is C18H23N3O4. The smallest absolute Gasteiger partial charge is 0.275 e. The fraction of sp³-hybridized carbons (Fsp3) is 0.444. The highest BCUT2D eigenvalue weighted by molar-refractivity contribution is 5.92. The van der Waals surface area contributed by atoms with Crippen LogP contribution in [0.1, 0.15) is 29.7 Å². The average Bonchev–Trinajstić information content (AvgIpc) is 3.15. The Morgan fingerprint density at radius 3 is 2.84 bits per heavy atom. The summed E-state index contributed by atoms with van der Waals surface area (Å²) in [6, 6.07) is 7.57. The molecule has 134 valence electrons. The molecule has 1 atom stereocenters. The van der Waals surface area contributed by atoms with Gasteiger partial charge in [0.15, 0.2) is 12.3 Å². The number of aromatic nitrogens is 1. The number of piperazine rings is 1. The highest BCUT2D eigenvalue weighted by Crippen LogP contribution is 2.18. The predicted octanol–water partition coefficient (Wildman–Crippen LogP) is 2.09. The van der Waals surface area contributed by atoms with Gasteiger partial charge in [0.1, 0.15) is 17.8 Å². The first kappa shape index (κ1) is 17.3. The van der Waals surface area contributed by atoms with E-state index < -0.39 is 0 Å². The minimum Gasteiger partial charge on any atom is -0.497 e. The number of benzene rings is 1. The quantitative estimate of drug-likeness (QED) is 0.864. The van der Waals surface area contributed by atoms with Gasteiger partial charge in [-0.2, -0.15) is 0 Å². The van der Waals surface area contributed by atoms with Gasteiger partial charge in [-0.15, -0.1) is 0 Å². The number of carbonyl (C=O) groups is 1. The zero-order valence-corrected chi connectivity index (χ0v) is 14.5. The minimum atomic E-state index is -0.0978. The average molecular weight is 345 g/mol. The normalized spacial score (nSPS) is 17.4. The van der Waals surface area contributed by atoms with E-state index in [-0.39, 0.29) is 12.5 Å². The zero-order chi connectivity index (χ0) is 17.6. The fourth-order valence-electron chi connectivity index (χ4n) is 2.74. The maximum absolute atomic E-state index is 12.5. The summed E-state index contributed by atoms with van der Waals surface area (Å²) in [6.45, 7) is 4.45. The third kappa shape index (κ3) is 4.30. The molecule has 0 saturated carbocycles. The molecule has 0 bridgehead atoms. The number of ether oxygens (including phenoxy) is 2. The molecule has 1 amide bonds. The number of carbonyl (C=O) groups excluding carboxylic acids is 1. The van der Waals surface area contributed by atoms with Crippen molar-refractivity contribution in [1.82, 2.24) is 15.2 Å². The molecule has 0 aliphatic carbocycles. The van der Waals surface area contributed by atoms with Gasteiger partial charge in [-0.1, -0.05) is 6.92 Å². The summed E-state index contributed by atoms with van der Waals surface area (Å²) < 4.78 is 16.1. The molecule has 1 aliphatic heterocycles. The van der Waals surface area contributed by atoms with Crippen molar-refractivity contribution in [3.05, 3.63) is 42.1 Å². The van der Waals surface area contributed by atoms with Gasteiger partial charge in [-0.3, -0.25) is 4.79 Å². The van der Waals surface area contributed by atoms with E-state index in [2.05, 4.69) is 17.2 Å². The van der Waals surface area contributed by atoms with Crippen molar-refractivity contribution in [2.24, 2.45) is 0 Å². The molecule has 1 N–H and O–H groups in total. The molecule has 1 saturated heterocycles. The van der Waals surface area contributed by atoms with Crippen LogP contribution >= 0.6 is 0 Å². The number of nitrogens with one attached hydrogen (secondary N) is 1. The molecule has 7 nitrogen and oxygen atoms in total. The molecule has 1 aromatic heterocycles. The van der Waals surface area contributed by atoms with Crippen LogP contribution < -0.4 is 14.8 Å². The molecule has 1 fully saturated rings. The van der Waals surface area contributed by atoms with E-state index in [1.54, 1.807) is 19.2 Å². The largest absolute Gasteiger partial charge is 0.497 e. The molecule has 0 radical (unpaired) electrons. The summed E-state index contributed by atoms with van der Waals surface area (Å²) in [4.78, 5) is 18.6. The topological polar surface area (TPSA) is 76.8 Å². The first-order valence-electron chi connectivity index (χ1n) is 8.43. The van der Waals surface area contributed by atoms with Crippen LogP contribution in [0.4, 0.5) is 0 Å². The van der Waals surface area contributed by atoms with Crippen LogP contribution in [0.3, 0.4) is 0 Å². The Labute approximate surface area is 146 Å². The lowest BCUT2D eigenvalue weighted by Gasteiger charge is -2.32. The monoisotopic (exact) mass is 345 g/mol. The summed E-state index contributed by atoms with van der Waals surface area (Å²) in [6.07, 6.45) is 2.39. The SMILES string of the molecule is CCC1CN(C(=O)c2coc(COc3ccc(OC)cc3)n2)CCN1. The van der Waals surface area contributed by atoms with Gasteiger partial charge >= 0.3 is 0 Å². The number of hydrogen-bond donors (Lipinski definition) is 1. The molecule has 7 heteroatoms. The molecule has 2 aromatic rings. The standard InChI is InChI=1S/C18H23N3O4/c1-3-13-10-21(9-8-19-13)18(22)16-11-25-17(20-16)12-24-15-6-4-14(23-2)5-7-15/h4-7,11,13,19H,3,8-10,12H2,1-2H3. The first-order valence-corrected chi connectivity index (χ1v) is 8.43. The second-order valence-corrected chi connectivity index (χ2v) is 5.90. The van der Waals surface area contributed by atoms with Gasteiger partial charge in [0.25, 0.3) is 5.91 Å². The van der Waals surface area contributed by atoms with E-state index >= 15 is 0 Å². The van der Waals surface area contributed by atoms with Crippen molar-refractivity contribution in [2.75, 3.05) is 26.7 Å². The van der Waals surface area contributed by atoms with E-state index in [1.807, 2.05) is 17.0 Å². The van der Waals surface area contributed by atoms with Crippen molar-refractivity contribution in [3.63, 3.8) is 0 Å². The Bertz CT molecular complexity index is 699. The molecular weight excluding hydrogens is 322 g/mol. The lowest BCUT2D eigenvalue weighted by molar-refractivity contribution is 0.0695. The van der Waals surface area contributed by atoms with Crippen LogP contribution in [0.25, 0.3) is 0 Å². The summed E-state index contributed by atoms with van der Waals surface area (Å²) in [5.41, 5.74) is 0.324. The maximum Gasteiger partial charge on any atom is 0.275 e. The summed E-state index contributed by atoms with van der Waals surface area (Å²) in [7, 11) is 1.61. The molecule has 1 aliphatic rings. The molecule has 0 spiro atoms. The summed E-state index contributed by atoms with van der Waals surface area (Å²) in [5, 5.41) is 3.39. The summed E-state index contributed by atoms with van der Waals surface area (Å²) >= 11 is 0. The van der Waals surface area contributed by atoms with Crippen molar-refractivity contribution < 1.29 is 18.7 Å². The third-order valence-electron chi connectivity index (χ3n) is 4.23. The number of amides is 1. The second-order valence-electron chi connectivity index (χ2n) is 5.90. The van der Waals surface area contributed by atoms with E-state index in [9.17, 15) is 4.79 Å². The van der Waals surface area contributed by atoms with Crippen LogP contribution in [0.15, 0.2) is 34.9 Å². The second kappa shape index (κ2) is 8.02. The van der Waals surface area contributed by atoms with Gasteiger partial charge < -0.3 is 24.1 Å². The zero-order valence-electron chi connectivity index (χ0n) is 14.5. The molecule has 1 unspecified atom stereocenters. The van der Waals surface area contributed by atoms with Crippen molar-refractivity contribution >= 4 is 5.91 Å². The Kier molecular flexibility index (Phi) is 5.55. The maximum atomic E-state index is 12.5. The molecule has 25 heavy (non-hydrogen) atoms. The summed E-state index contributed by atoms with van der Waals surface area (Å²) in [5.74, 6) is 1.72. The first-order chi connectivity index (χ1) is 12.2. The van der Waals surface area contributed by atoms with Crippen LogP contribution in [0.5, 0.6) is 11.5 Å². The number of oxazole rings is 1. The highest BCUT2D eigenvalue weighted by atomic mass is 16.5. The van der Waals surface area contributed by atoms with Crippen molar-refractivity contribution in [1.29, 1.82) is 0 Å². The molecule has 1 aromatic carbocycles. The van der Waals surface area contributed by atoms with Crippen LogP contribution in [-0.4, -0.2) is 48.6 Å². The number of nitrogens with zero attached hydrogens (tertiary/aromatic N) is 2. The number of methoxy groups -OCH3 is 1. The fourth-order valence-corrected chi connectivity index (χ4v) is 2.74. The van der Waals surface area contributed by atoms with Gasteiger partial charge in [-0.25, -0.2) is 4.98 Å². The van der Waals surface area contributed by atoms with Crippen LogP contribution in [0, 0.1) is 0 Å². The van der Waals surface area contributed by atoms with E-state index in [1.165, 1.54) is 6.26 Å². The number of rotatable bonds is 6. The van der Waals surface area contributed by atoms with Crippen molar-refractivity contribution in [2.45, 2.75) is 26.0 Å². The lowest BCUT2D eigenvalue weighted by Crippen LogP contribution is -2.52. The lowest BCUT2D eigenvalue weighted by atomic mass is 10.1. The van der Waals surface area contributed by atoms with E-state index in [0.717, 1.165) is 18.7 Å². The molecule has 2 heterocycles. The van der Waals surface area contributed by atoms with Gasteiger partial charge in [0.2, 0.25) is 5.89 Å². The van der Waals surface area contributed by atoms with E-state index in [0.29, 0.717) is 36.5 Å².